The second kappa shape index (κ2) is 6.10. The van der Waals surface area contributed by atoms with Crippen molar-refractivity contribution in [3.63, 3.8) is 0 Å². The Morgan fingerprint density at radius 3 is 3.00 bits per heavy atom. The summed E-state index contributed by atoms with van der Waals surface area (Å²) < 4.78 is 0. The Bertz CT molecular complexity index is 272. The molecule has 1 aliphatic heterocycles. The van der Waals surface area contributed by atoms with Crippen molar-refractivity contribution in [1.82, 2.24) is 10.2 Å². The van der Waals surface area contributed by atoms with Gasteiger partial charge in [0.15, 0.2) is 0 Å². The second-order valence-electron chi connectivity index (χ2n) is 5.19. The van der Waals surface area contributed by atoms with Gasteiger partial charge in [-0.25, -0.2) is 0 Å². The number of rotatable bonds is 4. The van der Waals surface area contributed by atoms with Crippen molar-refractivity contribution in [2.24, 2.45) is 0 Å². The van der Waals surface area contributed by atoms with Crippen LogP contribution in [0.3, 0.4) is 0 Å². The normalized spacial score (nSPS) is 34.4. The Labute approximate surface area is 109 Å². The Balaban J connectivity index is 1.92. The number of nitrogens with zero attached hydrogens (tertiary/aromatic N) is 1. The van der Waals surface area contributed by atoms with Gasteiger partial charge in [0.1, 0.15) is 0 Å². The van der Waals surface area contributed by atoms with Gasteiger partial charge in [0, 0.05) is 11.3 Å². The van der Waals surface area contributed by atoms with E-state index in [0.717, 1.165) is 24.8 Å². The van der Waals surface area contributed by atoms with Gasteiger partial charge in [-0.15, -0.1) is 0 Å². The lowest BCUT2D eigenvalue weighted by Crippen LogP contribution is -2.42. The summed E-state index contributed by atoms with van der Waals surface area (Å²) in [6.07, 6.45) is 9.24. The molecule has 0 radical (unpaired) electrons. The van der Waals surface area contributed by atoms with Crippen molar-refractivity contribution in [3.05, 3.63) is 0 Å². The number of hydrogen-bond donors (Lipinski definition) is 1. The highest BCUT2D eigenvalue weighted by Gasteiger charge is 2.36. The molecule has 3 atom stereocenters. The lowest BCUT2D eigenvalue weighted by Gasteiger charge is -2.34. The molecule has 0 spiro atoms. The Hall–Kier alpha value is -0.220. The second-order valence-corrected chi connectivity index (χ2v) is 6.33. The Morgan fingerprint density at radius 1 is 1.47 bits per heavy atom. The quantitative estimate of drug-likeness (QED) is 0.837. The van der Waals surface area contributed by atoms with Crippen LogP contribution in [0.25, 0.3) is 0 Å². The molecule has 1 N–H and O–H groups in total. The Morgan fingerprint density at radius 2 is 2.29 bits per heavy atom. The molecule has 98 valence electrons. The summed E-state index contributed by atoms with van der Waals surface area (Å²) in [6.45, 7) is 2.91. The predicted molar refractivity (Wildman–Crippen MR) is 73.1 cm³/mol. The summed E-state index contributed by atoms with van der Waals surface area (Å²) in [4.78, 5) is 14.3. The van der Waals surface area contributed by atoms with Crippen LogP contribution in [0.15, 0.2) is 0 Å². The molecule has 0 aromatic rings. The number of carbonyl (C=O) groups excluding carboxylic acids is 1. The first kappa shape index (κ1) is 13.2. The fourth-order valence-corrected chi connectivity index (χ4v) is 3.83. The minimum absolute atomic E-state index is 0.0923. The molecule has 1 heterocycles. The maximum Gasteiger partial charge on any atom is 0.241 e. The molecule has 2 aliphatic rings. The number of hydrogen-bond acceptors (Lipinski definition) is 3. The summed E-state index contributed by atoms with van der Waals surface area (Å²) in [5.74, 6) is 0.346. The van der Waals surface area contributed by atoms with E-state index in [4.69, 9.17) is 0 Å². The molecule has 3 unspecified atom stereocenters. The highest BCUT2D eigenvalue weighted by Crippen LogP contribution is 2.31. The van der Waals surface area contributed by atoms with E-state index in [0.29, 0.717) is 11.9 Å². The molecule has 0 aromatic heterocycles. The first-order valence-electron chi connectivity index (χ1n) is 6.83. The highest BCUT2D eigenvalue weighted by atomic mass is 32.2. The fourth-order valence-electron chi connectivity index (χ4n) is 3.01. The van der Waals surface area contributed by atoms with Gasteiger partial charge in [0.2, 0.25) is 5.91 Å². The van der Waals surface area contributed by atoms with Gasteiger partial charge in [-0.2, -0.15) is 11.8 Å². The third kappa shape index (κ3) is 2.97. The maximum atomic E-state index is 12.2. The van der Waals surface area contributed by atoms with Gasteiger partial charge in [0.25, 0.3) is 0 Å². The molecule has 0 aromatic carbocycles. The predicted octanol–water partition coefficient (Wildman–Crippen LogP) is 2.22. The largest absolute Gasteiger partial charge is 0.326 e. The zero-order chi connectivity index (χ0) is 12.3. The zero-order valence-corrected chi connectivity index (χ0v) is 11.8. The van der Waals surface area contributed by atoms with Crippen LogP contribution >= 0.6 is 11.8 Å². The van der Waals surface area contributed by atoms with Crippen LogP contribution in [-0.4, -0.2) is 41.1 Å². The van der Waals surface area contributed by atoms with Crippen LogP contribution in [0.1, 0.15) is 45.4 Å². The standard InChI is InChI=1S/C13H24N2OS/c1-3-5-12-13(16)15(9-14-12)10-6-4-7-11(8-10)17-2/h10-12,14H,3-9H2,1-2H3. The zero-order valence-electron chi connectivity index (χ0n) is 10.9. The van der Waals surface area contributed by atoms with Gasteiger partial charge in [-0.05, 0) is 31.9 Å². The third-order valence-electron chi connectivity index (χ3n) is 4.04. The summed E-state index contributed by atoms with van der Waals surface area (Å²) in [5.41, 5.74) is 0. The minimum atomic E-state index is 0.0923. The van der Waals surface area contributed by atoms with E-state index in [2.05, 4.69) is 23.4 Å². The lowest BCUT2D eigenvalue weighted by atomic mass is 9.93. The summed E-state index contributed by atoms with van der Waals surface area (Å²) >= 11 is 1.96. The SMILES string of the molecule is CCCC1NCN(C2CCCC(SC)C2)C1=O. The van der Waals surface area contributed by atoms with Crippen molar-refractivity contribution in [1.29, 1.82) is 0 Å². The van der Waals surface area contributed by atoms with Gasteiger partial charge in [-0.3, -0.25) is 10.1 Å². The average Bonchev–Trinajstić information content (AvgIpc) is 2.72. The molecule has 1 saturated heterocycles. The molecule has 1 amide bonds. The average molecular weight is 256 g/mol. The highest BCUT2D eigenvalue weighted by molar-refractivity contribution is 7.99. The number of thioether (sulfide) groups is 1. The molecular formula is C13H24N2OS. The summed E-state index contributed by atoms with van der Waals surface area (Å²) in [5, 5.41) is 4.11. The van der Waals surface area contributed by atoms with Gasteiger partial charge < -0.3 is 4.90 Å². The molecule has 3 nitrogen and oxygen atoms in total. The monoisotopic (exact) mass is 256 g/mol. The van der Waals surface area contributed by atoms with Gasteiger partial charge in [0.05, 0.1) is 12.7 Å². The molecule has 17 heavy (non-hydrogen) atoms. The van der Waals surface area contributed by atoms with E-state index in [-0.39, 0.29) is 6.04 Å². The van der Waals surface area contributed by atoms with E-state index in [1.165, 1.54) is 25.7 Å². The molecule has 2 rings (SSSR count). The number of carbonyl (C=O) groups is 1. The Kier molecular flexibility index (Phi) is 4.74. The van der Waals surface area contributed by atoms with Crippen molar-refractivity contribution in [2.45, 2.75) is 62.8 Å². The van der Waals surface area contributed by atoms with E-state index in [1.54, 1.807) is 0 Å². The smallest absolute Gasteiger partial charge is 0.241 e. The topological polar surface area (TPSA) is 32.3 Å². The van der Waals surface area contributed by atoms with E-state index >= 15 is 0 Å². The molecule has 1 aliphatic carbocycles. The van der Waals surface area contributed by atoms with Crippen LogP contribution < -0.4 is 5.32 Å². The molecular weight excluding hydrogens is 232 g/mol. The van der Waals surface area contributed by atoms with Crippen molar-refractivity contribution in [3.8, 4) is 0 Å². The molecule has 1 saturated carbocycles. The maximum absolute atomic E-state index is 12.2. The third-order valence-corrected chi connectivity index (χ3v) is 5.13. The summed E-state index contributed by atoms with van der Waals surface area (Å²) in [6, 6.07) is 0.581. The van der Waals surface area contributed by atoms with Gasteiger partial charge in [-0.1, -0.05) is 19.8 Å². The van der Waals surface area contributed by atoms with Crippen molar-refractivity contribution < 1.29 is 4.79 Å². The molecule has 0 bridgehead atoms. The number of amides is 1. The van der Waals surface area contributed by atoms with Crippen LogP contribution in [0.5, 0.6) is 0 Å². The van der Waals surface area contributed by atoms with Crippen LogP contribution in [0.2, 0.25) is 0 Å². The van der Waals surface area contributed by atoms with Gasteiger partial charge >= 0.3 is 0 Å². The van der Waals surface area contributed by atoms with E-state index in [1.807, 2.05) is 11.8 Å². The van der Waals surface area contributed by atoms with Crippen LogP contribution in [0, 0.1) is 0 Å². The van der Waals surface area contributed by atoms with Crippen LogP contribution in [0.4, 0.5) is 0 Å². The van der Waals surface area contributed by atoms with Crippen molar-refractivity contribution >= 4 is 17.7 Å². The van der Waals surface area contributed by atoms with Crippen molar-refractivity contribution in [2.75, 3.05) is 12.9 Å². The van der Waals surface area contributed by atoms with E-state index < -0.39 is 0 Å². The first-order chi connectivity index (χ1) is 8.26. The van der Waals surface area contributed by atoms with Crippen LogP contribution in [-0.2, 0) is 4.79 Å². The van der Waals surface area contributed by atoms with E-state index in [9.17, 15) is 4.79 Å². The minimum Gasteiger partial charge on any atom is -0.326 e. The molecule has 4 heteroatoms. The molecule has 2 fully saturated rings. The number of nitrogens with one attached hydrogen (secondary N) is 1. The summed E-state index contributed by atoms with van der Waals surface area (Å²) in [7, 11) is 0. The lowest BCUT2D eigenvalue weighted by molar-refractivity contribution is -0.131. The first-order valence-corrected chi connectivity index (χ1v) is 8.11. The fraction of sp³-hybridized carbons (Fsp3) is 0.923.